The van der Waals surface area contributed by atoms with Crippen molar-refractivity contribution in [3.8, 4) is 0 Å². The molecule has 2 amide bonds. The van der Waals surface area contributed by atoms with Crippen molar-refractivity contribution < 1.29 is 9.59 Å². The minimum absolute atomic E-state index is 0.0431. The fraction of sp³-hybridized carbons (Fsp3) is 0.286. The molecule has 0 spiro atoms. The van der Waals surface area contributed by atoms with Crippen molar-refractivity contribution in [3.63, 3.8) is 0 Å². The van der Waals surface area contributed by atoms with Gasteiger partial charge in [-0.1, -0.05) is 66.7 Å². The van der Waals surface area contributed by atoms with Crippen LogP contribution in [-0.4, -0.2) is 52.7 Å². The Bertz CT molecular complexity index is 1210. The topological polar surface area (TPSA) is 43.9 Å². The molecule has 3 aromatic carbocycles. The summed E-state index contributed by atoms with van der Waals surface area (Å²) in [6.45, 7) is 5.59. The molecule has 2 aliphatic heterocycles. The van der Waals surface area contributed by atoms with E-state index in [1.165, 1.54) is 16.3 Å². The predicted octanol–water partition coefficient (Wildman–Crippen LogP) is 4.45. The molecular formula is C28H29N3O2. The Labute approximate surface area is 194 Å². The molecule has 3 aromatic rings. The van der Waals surface area contributed by atoms with E-state index in [1.54, 1.807) is 11.8 Å². The maximum Gasteiger partial charge on any atom is 0.225 e. The minimum atomic E-state index is -0.245. The van der Waals surface area contributed by atoms with Crippen molar-refractivity contribution >= 4 is 28.7 Å². The minimum Gasteiger partial charge on any atom is -0.340 e. The molecule has 2 aliphatic rings. The highest BCUT2D eigenvalue weighted by molar-refractivity contribution is 5.85. The average Bonchev–Trinajstić information content (AvgIpc) is 2.84. The third-order valence-electron chi connectivity index (χ3n) is 6.84. The fourth-order valence-electron chi connectivity index (χ4n) is 5.03. The Balaban J connectivity index is 1.23. The molecule has 33 heavy (non-hydrogen) atoms. The highest BCUT2D eigenvalue weighted by atomic mass is 16.2. The summed E-state index contributed by atoms with van der Waals surface area (Å²) in [5.74, 6) is 0.0691. The van der Waals surface area contributed by atoms with Crippen molar-refractivity contribution in [1.29, 1.82) is 0 Å². The molecule has 5 heteroatoms. The van der Waals surface area contributed by atoms with Gasteiger partial charge < -0.3 is 9.80 Å². The van der Waals surface area contributed by atoms with Crippen LogP contribution in [0.25, 0.3) is 16.8 Å². The SMILES string of the molecule is CC(=O)N1C=Cc2ccccc2[C@@H]1CC(=O)N1CCN(Cc2cccc3ccccc23)CC1. The molecule has 168 valence electrons. The number of amides is 2. The summed E-state index contributed by atoms with van der Waals surface area (Å²) in [4.78, 5) is 31.5. The van der Waals surface area contributed by atoms with Crippen LogP contribution in [0.15, 0.2) is 72.9 Å². The van der Waals surface area contributed by atoms with Crippen LogP contribution in [0.1, 0.15) is 36.1 Å². The van der Waals surface area contributed by atoms with Gasteiger partial charge in [0.05, 0.1) is 12.5 Å². The lowest BCUT2D eigenvalue weighted by molar-refractivity contribution is -0.136. The molecule has 0 bridgehead atoms. The summed E-state index contributed by atoms with van der Waals surface area (Å²) >= 11 is 0. The number of nitrogens with zero attached hydrogens (tertiary/aromatic N) is 3. The molecule has 0 unspecified atom stereocenters. The Hall–Kier alpha value is -3.44. The predicted molar refractivity (Wildman–Crippen MR) is 131 cm³/mol. The van der Waals surface area contributed by atoms with Gasteiger partial charge in [0, 0.05) is 45.8 Å². The van der Waals surface area contributed by atoms with E-state index in [0.717, 1.165) is 30.8 Å². The quantitative estimate of drug-likeness (QED) is 0.603. The monoisotopic (exact) mass is 439 g/mol. The first kappa shape index (κ1) is 21.4. The lowest BCUT2D eigenvalue weighted by Crippen LogP contribution is -2.49. The molecule has 5 rings (SSSR count). The Morgan fingerprint density at radius 2 is 1.61 bits per heavy atom. The van der Waals surface area contributed by atoms with Crippen LogP contribution in [0.2, 0.25) is 0 Å². The van der Waals surface area contributed by atoms with Gasteiger partial charge in [0.15, 0.2) is 0 Å². The largest absolute Gasteiger partial charge is 0.340 e. The van der Waals surface area contributed by atoms with Crippen LogP contribution in [0.4, 0.5) is 0 Å². The highest BCUT2D eigenvalue weighted by Crippen LogP contribution is 2.33. The van der Waals surface area contributed by atoms with Crippen molar-refractivity contribution in [3.05, 3.63) is 89.6 Å². The lowest BCUT2D eigenvalue weighted by Gasteiger charge is -2.37. The van der Waals surface area contributed by atoms with Gasteiger partial charge in [-0.25, -0.2) is 0 Å². The molecule has 1 atom stereocenters. The van der Waals surface area contributed by atoms with Gasteiger partial charge in [-0.2, -0.15) is 0 Å². The fourth-order valence-corrected chi connectivity index (χ4v) is 5.03. The van der Waals surface area contributed by atoms with Crippen LogP contribution in [-0.2, 0) is 16.1 Å². The molecule has 1 fully saturated rings. The number of benzene rings is 3. The van der Waals surface area contributed by atoms with Crippen molar-refractivity contribution in [2.75, 3.05) is 26.2 Å². The second-order valence-corrected chi connectivity index (χ2v) is 8.89. The smallest absolute Gasteiger partial charge is 0.225 e. The van der Waals surface area contributed by atoms with Gasteiger partial charge in [-0.3, -0.25) is 14.5 Å². The van der Waals surface area contributed by atoms with Crippen molar-refractivity contribution in [2.24, 2.45) is 0 Å². The van der Waals surface area contributed by atoms with E-state index in [1.807, 2.05) is 41.4 Å². The third-order valence-corrected chi connectivity index (χ3v) is 6.84. The molecule has 2 heterocycles. The third kappa shape index (κ3) is 4.41. The van der Waals surface area contributed by atoms with E-state index in [0.29, 0.717) is 19.5 Å². The summed E-state index contributed by atoms with van der Waals surface area (Å²) in [5, 5.41) is 2.56. The summed E-state index contributed by atoms with van der Waals surface area (Å²) in [6.07, 6.45) is 4.07. The molecule has 1 saturated heterocycles. The number of fused-ring (bicyclic) bond motifs is 2. The van der Waals surface area contributed by atoms with E-state index in [4.69, 9.17) is 0 Å². The molecule has 0 aliphatic carbocycles. The molecule has 0 N–H and O–H groups in total. The zero-order chi connectivity index (χ0) is 22.8. The second-order valence-electron chi connectivity index (χ2n) is 8.89. The van der Waals surface area contributed by atoms with Gasteiger partial charge in [0.25, 0.3) is 0 Å². The number of carbonyl (C=O) groups is 2. The van der Waals surface area contributed by atoms with E-state index in [2.05, 4.69) is 47.4 Å². The molecule has 5 nitrogen and oxygen atoms in total. The molecule has 0 saturated carbocycles. The second kappa shape index (κ2) is 9.20. The van der Waals surface area contributed by atoms with Gasteiger partial charge in [0.2, 0.25) is 11.8 Å². The maximum atomic E-state index is 13.2. The molecule has 0 radical (unpaired) electrons. The van der Waals surface area contributed by atoms with Crippen LogP contribution in [0.5, 0.6) is 0 Å². The van der Waals surface area contributed by atoms with E-state index in [9.17, 15) is 9.59 Å². The summed E-state index contributed by atoms with van der Waals surface area (Å²) < 4.78 is 0. The van der Waals surface area contributed by atoms with Gasteiger partial charge in [-0.15, -0.1) is 0 Å². The molecule has 0 aromatic heterocycles. The highest BCUT2D eigenvalue weighted by Gasteiger charge is 2.31. The van der Waals surface area contributed by atoms with E-state index < -0.39 is 0 Å². The number of piperazine rings is 1. The van der Waals surface area contributed by atoms with E-state index in [-0.39, 0.29) is 17.9 Å². The van der Waals surface area contributed by atoms with Crippen LogP contribution in [0, 0.1) is 0 Å². The average molecular weight is 440 g/mol. The number of hydrogen-bond acceptors (Lipinski definition) is 3. The van der Waals surface area contributed by atoms with Crippen LogP contribution in [0.3, 0.4) is 0 Å². The zero-order valence-corrected chi connectivity index (χ0v) is 19.0. The molecular weight excluding hydrogens is 410 g/mol. The summed E-state index contributed by atoms with van der Waals surface area (Å²) in [5.41, 5.74) is 3.45. The van der Waals surface area contributed by atoms with E-state index >= 15 is 0 Å². The summed E-state index contributed by atoms with van der Waals surface area (Å²) in [6, 6.07) is 22.7. The Morgan fingerprint density at radius 1 is 0.879 bits per heavy atom. The van der Waals surface area contributed by atoms with Crippen LogP contribution >= 0.6 is 0 Å². The zero-order valence-electron chi connectivity index (χ0n) is 19.0. The Morgan fingerprint density at radius 3 is 2.42 bits per heavy atom. The standard InChI is InChI=1S/C28H29N3O2/c1-21(32)31-14-13-23-8-3-5-12-26(23)27(31)19-28(33)30-17-15-29(16-18-30)20-24-10-6-9-22-7-2-4-11-25(22)24/h2-14,27H,15-20H2,1H3/t27-/m0/s1. The number of hydrogen-bond donors (Lipinski definition) is 0. The van der Waals surface area contributed by atoms with Gasteiger partial charge in [-0.05, 0) is 33.5 Å². The number of rotatable bonds is 4. The number of carbonyl (C=O) groups excluding carboxylic acids is 2. The van der Waals surface area contributed by atoms with Gasteiger partial charge >= 0.3 is 0 Å². The van der Waals surface area contributed by atoms with Gasteiger partial charge in [0.1, 0.15) is 0 Å². The first-order valence-corrected chi connectivity index (χ1v) is 11.6. The maximum absolute atomic E-state index is 13.2. The first-order valence-electron chi connectivity index (χ1n) is 11.6. The normalized spacial score (nSPS) is 18.4. The summed E-state index contributed by atoms with van der Waals surface area (Å²) in [7, 11) is 0. The van der Waals surface area contributed by atoms with Crippen LogP contribution < -0.4 is 0 Å². The Kier molecular flexibility index (Phi) is 5.97. The van der Waals surface area contributed by atoms with Crippen molar-refractivity contribution in [1.82, 2.24) is 14.7 Å². The lowest BCUT2D eigenvalue weighted by atomic mass is 9.93. The van der Waals surface area contributed by atoms with Crippen molar-refractivity contribution in [2.45, 2.75) is 25.9 Å². The first-order chi connectivity index (χ1) is 16.1.